The van der Waals surface area contributed by atoms with E-state index in [9.17, 15) is 0 Å². The molecule has 0 aliphatic carbocycles. The van der Waals surface area contributed by atoms with Gasteiger partial charge in [-0.05, 0) is 13.8 Å². The molecule has 0 amide bonds. The van der Waals surface area contributed by atoms with Gasteiger partial charge in [-0.1, -0.05) is 24.8 Å². The third-order valence-electron chi connectivity index (χ3n) is 0.613. The summed E-state index contributed by atoms with van der Waals surface area (Å²) in [5.74, 6) is 0. The number of hydrogen-bond acceptors (Lipinski definition) is 2. The lowest BCUT2D eigenvalue weighted by Crippen LogP contribution is -2.03. The van der Waals surface area contributed by atoms with Gasteiger partial charge in [0.15, 0.2) is 0 Å². The highest BCUT2D eigenvalue weighted by molar-refractivity contribution is 5.05. The minimum absolute atomic E-state index is 0.139. The molecule has 0 saturated heterocycles. The van der Waals surface area contributed by atoms with E-state index < -0.39 is 6.10 Å². The molecule has 60 valence electrons. The Labute approximate surface area is 62.5 Å². The first-order valence-electron chi connectivity index (χ1n) is 3.11. The molecule has 0 saturated carbocycles. The van der Waals surface area contributed by atoms with E-state index in [-0.39, 0.29) is 6.61 Å². The van der Waals surface area contributed by atoms with E-state index in [2.05, 4.69) is 13.2 Å². The number of allylic oxidation sites excluding steroid dienone is 2. The van der Waals surface area contributed by atoms with Gasteiger partial charge in [-0.25, -0.2) is 0 Å². The van der Waals surface area contributed by atoms with Gasteiger partial charge in [0, 0.05) is 0 Å². The molecule has 0 heterocycles. The van der Waals surface area contributed by atoms with Gasteiger partial charge < -0.3 is 10.2 Å². The van der Waals surface area contributed by atoms with Crippen LogP contribution in [0.2, 0.25) is 0 Å². The predicted octanol–water partition coefficient (Wildman–Crippen LogP) is 1.11. The van der Waals surface area contributed by atoms with Crippen molar-refractivity contribution in [2.75, 3.05) is 6.61 Å². The molecule has 0 aromatic heterocycles. The SMILES string of the molecule is C=CC(=C)C.CC(O)CO. The maximum absolute atomic E-state index is 8.11. The molecule has 1 atom stereocenters. The zero-order valence-corrected chi connectivity index (χ0v) is 6.67. The smallest absolute Gasteiger partial charge is 0.0742 e. The molecular formula is C8H16O2. The molecule has 10 heavy (non-hydrogen) atoms. The van der Waals surface area contributed by atoms with Crippen molar-refractivity contribution in [3.8, 4) is 0 Å². The quantitative estimate of drug-likeness (QED) is 0.570. The van der Waals surface area contributed by atoms with E-state index in [0.29, 0.717) is 0 Å². The zero-order chi connectivity index (χ0) is 8.57. The van der Waals surface area contributed by atoms with E-state index >= 15 is 0 Å². The Morgan fingerprint density at radius 2 is 1.90 bits per heavy atom. The van der Waals surface area contributed by atoms with Crippen molar-refractivity contribution in [3.05, 3.63) is 24.8 Å². The van der Waals surface area contributed by atoms with Crippen LogP contribution >= 0.6 is 0 Å². The first kappa shape index (κ1) is 12.1. The van der Waals surface area contributed by atoms with Crippen LogP contribution < -0.4 is 0 Å². The highest BCUT2D eigenvalue weighted by Gasteiger charge is 1.83. The fourth-order valence-electron chi connectivity index (χ4n) is 0. The van der Waals surface area contributed by atoms with Crippen molar-refractivity contribution in [2.24, 2.45) is 0 Å². The molecule has 0 bridgehead atoms. The lowest BCUT2D eigenvalue weighted by atomic mass is 10.4. The van der Waals surface area contributed by atoms with Crippen LogP contribution in [0, 0.1) is 0 Å². The Morgan fingerprint density at radius 3 is 1.90 bits per heavy atom. The van der Waals surface area contributed by atoms with Gasteiger partial charge in [-0.15, -0.1) is 0 Å². The van der Waals surface area contributed by atoms with Crippen LogP contribution in [0.25, 0.3) is 0 Å². The Hall–Kier alpha value is -0.600. The van der Waals surface area contributed by atoms with E-state index in [1.165, 1.54) is 6.92 Å². The fraction of sp³-hybridized carbons (Fsp3) is 0.500. The summed E-state index contributed by atoms with van der Waals surface area (Å²) in [7, 11) is 0. The van der Waals surface area contributed by atoms with Crippen molar-refractivity contribution < 1.29 is 10.2 Å². The highest BCUT2D eigenvalue weighted by Crippen LogP contribution is 1.81. The van der Waals surface area contributed by atoms with Crippen LogP contribution in [0.15, 0.2) is 24.8 Å². The Morgan fingerprint density at radius 1 is 1.70 bits per heavy atom. The molecule has 0 aromatic rings. The third-order valence-corrected chi connectivity index (χ3v) is 0.613. The second-order valence-electron chi connectivity index (χ2n) is 2.08. The maximum atomic E-state index is 8.11. The van der Waals surface area contributed by atoms with Gasteiger partial charge in [-0.2, -0.15) is 0 Å². The molecule has 0 fully saturated rings. The van der Waals surface area contributed by atoms with E-state index in [0.717, 1.165) is 5.57 Å². The minimum atomic E-state index is -0.560. The van der Waals surface area contributed by atoms with Gasteiger partial charge in [0.1, 0.15) is 0 Å². The molecule has 2 N–H and O–H groups in total. The van der Waals surface area contributed by atoms with Crippen LogP contribution in [0.5, 0.6) is 0 Å². The standard InChI is InChI=1S/C5H8.C3H8O2/c1-4-5(2)3;1-3(5)2-4/h4H,1-2H2,3H3;3-5H,2H2,1H3. The number of rotatable bonds is 2. The summed E-state index contributed by atoms with van der Waals surface area (Å²) in [5.41, 5.74) is 1.02. The van der Waals surface area contributed by atoms with E-state index in [1.807, 2.05) is 6.92 Å². The van der Waals surface area contributed by atoms with Crippen LogP contribution in [0.4, 0.5) is 0 Å². The summed E-state index contributed by atoms with van der Waals surface area (Å²) < 4.78 is 0. The summed E-state index contributed by atoms with van der Waals surface area (Å²) in [6.45, 7) is 10.3. The first-order chi connectivity index (χ1) is 4.54. The Balaban J connectivity index is 0. The molecule has 0 aromatic carbocycles. The number of hydrogen-bond donors (Lipinski definition) is 2. The van der Waals surface area contributed by atoms with E-state index in [1.54, 1.807) is 6.08 Å². The molecule has 0 spiro atoms. The molecule has 0 rings (SSSR count). The monoisotopic (exact) mass is 144 g/mol. The lowest BCUT2D eigenvalue weighted by molar-refractivity contribution is 0.110. The van der Waals surface area contributed by atoms with Gasteiger partial charge in [0.25, 0.3) is 0 Å². The molecule has 1 unspecified atom stereocenters. The average molecular weight is 144 g/mol. The van der Waals surface area contributed by atoms with Crippen LogP contribution in [0.1, 0.15) is 13.8 Å². The van der Waals surface area contributed by atoms with Crippen LogP contribution in [0.3, 0.4) is 0 Å². The third kappa shape index (κ3) is 26.2. The van der Waals surface area contributed by atoms with Crippen molar-refractivity contribution in [1.82, 2.24) is 0 Å². The largest absolute Gasteiger partial charge is 0.394 e. The lowest BCUT2D eigenvalue weighted by Gasteiger charge is -1.90. The van der Waals surface area contributed by atoms with Crippen molar-refractivity contribution in [3.63, 3.8) is 0 Å². The summed E-state index contributed by atoms with van der Waals surface area (Å²) in [6.07, 6.45) is 1.16. The second kappa shape index (κ2) is 8.40. The minimum Gasteiger partial charge on any atom is -0.394 e. The van der Waals surface area contributed by atoms with Gasteiger partial charge in [-0.3, -0.25) is 0 Å². The highest BCUT2D eigenvalue weighted by atomic mass is 16.3. The fourth-order valence-corrected chi connectivity index (χ4v) is 0. The van der Waals surface area contributed by atoms with Gasteiger partial charge >= 0.3 is 0 Å². The Kier molecular flexibility index (Phi) is 10.2. The zero-order valence-electron chi connectivity index (χ0n) is 6.67. The van der Waals surface area contributed by atoms with Crippen LogP contribution in [-0.4, -0.2) is 22.9 Å². The maximum Gasteiger partial charge on any atom is 0.0742 e. The van der Waals surface area contributed by atoms with Gasteiger partial charge in [0.05, 0.1) is 12.7 Å². The second-order valence-corrected chi connectivity index (χ2v) is 2.08. The molecule has 0 radical (unpaired) electrons. The summed E-state index contributed by atoms with van der Waals surface area (Å²) >= 11 is 0. The van der Waals surface area contributed by atoms with E-state index in [4.69, 9.17) is 10.2 Å². The van der Waals surface area contributed by atoms with Crippen molar-refractivity contribution >= 4 is 0 Å². The van der Waals surface area contributed by atoms with Crippen molar-refractivity contribution in [2.45, 2.75) is 20.0 Å². The van der Waals surface area contributed by atoms with Crippen LogP contribution in [-0.2, 0) is 0 Å². The summed E-state index contributed by atoms with van der Waals surface area (Å²) in [4.78, 5) is 0. The molecule has 0 aliphatic rings. The topological polar surface area (TPSA) is 40.5 Å². The number of aliphatic hydroxyl groups is 2. The molecule has 0 aliphatic heterocycles. The average Bonchev–Trinajstić information content (AvgIpc) is 1.89. The number of aliphatic hydroxyl groups excluding tert-OH is 2. The molecule has 2 nitrogen and oxygen atoms in total. The summed E-state index contributed by atoms with van der Waals surface area (Å²) in [5, 5.41) is 16.0. The molecular weight excluding hydrogens is 128 g/mol. The van der Waals surface area contributed by atoms with Crippen molar-refractivity contribution in [1.29, 1.82) is 0 Å². The first-order valence-corrected chi connectivity index (χ1v) is 3.11. The molecule has 2 heteroatoms. The van der Waals surface area contributed by atoms with Gasteiger partial charge in [0.2, 0.25) is 0 Å². The Bertz CT molecular complexity index is 95.4. The predicted molar refractivity (Wildman–Crippen MR) is 43.8 cm³/mol. The summed E-state index contributed by atoms with van der Waals surface area (Å²) in [6, 6.07) is 0. The normalized spacial score (nSPS) is 10.8.